The molecule has 126 valence electrons. The zero-order chi connectivity index (χ0) is 17.0. The summed E-state index contributed by atoms with van der Waals surface area (Å²) in [6, 6.07) is 7.08. The smallest absolute Gasteiger partial charge is 0.239 e. The minimum absolute atomic E-state index is 0.0772. The Balaban J connectivity index is 1.97. The van der Waals surface area contributed by atoms with E-state index in [0.717, 1.165) is 5.69 Å². The molecule has 1 aliphatic rings. The molecule has 2 N–H and O–H groups in total. The Morgan fingerprint density at radius 2 is 2.22 bits per heavy atom. The molecule has 5 nitrogen and oxygen atoms in total. The topological polar surface area (TPSA) is 69.6 Å². The van der Waals surface area contributed by atoms with E-state index in [2.05, 4.69) is 5.32 Å². The van der Waals surface area contributed by atoms with Gasteiger partial charge in [-0.05, 0) is 36.5 Å². The number of carbonyl (C=O) groups is 2. The fraction of sp³-hybridized carbons (Fsp3) is 0.529. The Labute approximate surface area is 141 Å². The SMILES string of the molecule is CC(C)(CCO)CNC(=O)C1CCN(c2cccc(Cl)c2)C1=O. The van der Waals surface area contributed by atoms with Crippen LogP contribution in [0.4, 0.5) is 5.69 Å². The van der Waals surface area contributed by atoms with E-state index in [0.29, 0.717) is 31.0 Å². The molecule has 1 heterocycles. The van der Waals surface area contributed by atoms with E-state index in [1.807, 2.05) is 19.9 Å². The third-order valence-electron chi connectivity index (χ3n) is 4.17. The summed E-state index contributed by atoms with van der Waals surface area (Å²) in [5, 5.41) is 12.4. The highest BCUT2D eigenvalue weighted by Crippen LogP contribution is 2.27. The van der Waals surface area contributed by atoms with Gasteiger partial charge in [-0.25, -0.2) is 0 Å². The molecule has 0 spiro atoms. The highest BCUT2D eigenvalue weighted by atomic mass is 35.5. The molecule has 1 atom stereocenters. The maximum atomic E-state index is 12.5. The van der Waals surface area contributed by atoms with Gasteiger partial charge in [0.1, 0.15) is 5.92 Å². The second kappa shape index (κ2) is 7.32. The second-order valence-corrected chi connectivity index (χ2v) is 7.10. The summed E-state index contributed by atoms with van der Waals surface area (Å²) in [6.45, 7) is 4.97. The van der Waals surface area contributed by atoms with Crippen molar-refractivity contribution in [1.82, 2.24) is 5.32 Å². The number of carbonyl (C=O) groups excluding carboxylic acids is 2. The predicted molar refractivity (Wildman–Crippen MR) is 90.4 cm³/mol. The van der Waals surface area contributed by atoms with Crippen LogP contribution in [0.5, 0.6) is 0 Å². The van der Waals surface area contributed by atoms with Crippen molar-refractivity contribution in [2.75, 3.05) is 24.6 Å². The Kier molecular flexibility index (Phi) is 5.65. The van der Waals surface area contributed by atoms with E-state index < -0.39 is 5.92 Å². The van der Waals surface area contributed by atoms with Crippen LogP contribution in [-0.4, -0.2) is 36.6 Å². The molecule has 0 aliphatic carbocycles. The molecule has 0 radical (unpaired) electrons. The number of aliphatic hydroxyl groups excluding tert-OH is 1. The summed E-state index contributed by atoms with van der Waals surface area (Å²) in [7, 11) is 0. The number of halogens is 1. The molecular weight excluding hydrogens is 316 g/mol. The molecule has 0 saturated carbocycles. The molecule has 1 saturated heterocycles. The zero-order valence-corrected chi connectivity index (χ0v) is 14.3. The number of aliphatic hydroxyl groups is 1. The first-order valence-electron chi connectivity index (χ1n) is 7.79. The Morgan fingerprint density at radius 1 is 1.48 bits per heavy atom. The maximum absolute atomic E-state index is 12.5. The normalized spacial score (nSPS) is 18.3. The molecule has 1 fully saturated rings. The van der Waals surface area contributed by atoms with Gasteiger partial charge < -0.3 is 15.3 Å². The van der Waals surface area contributed by atoms with Crippen LogP contribution in [-0.2, 0) is 9.59 Å². The molecule has 6 heteroatoms. The zero-order valence-electron chi connectivity index (χ0n) is 13.5. The van der Waals surface area contributed by atoms with Crippen molar-refractivity contribution in [1.29, 1.82) is 0 Å². The standard InChI is InChI=1S/C17H23ClN2O3/c1-17(2,7-9-21)11-19-15(22)14-6-8-20(16(14)23)13-5-3-4-12(18)10-13/h3-5,10,14,21H,6-9,11H2,1-2H3,(H,19,22). The summed E-state index contributed by atoms with van der Waals surface area (Å²) in [6.07, 6.45) is 1.10. The van der Waals surface area contributed by atoms with E-state index in [1.165, 1.54) is 0 Å². The fourth-order valence-electron chi connectivity index (χ4n) is 2.66. The molecule has 2 rings (SSSR count). The first-order chi connectivity index (χ1) is 10.8. The average molecular weight is 339 g/mol. The summed E-state index contributed by atoms with van der Waals surface area (Å²) < 4.78 is 0. The number of nitrogens with zero attached hydrogens (tertiary/aromatic N) is 1. The monoisotopic (exact) mass is 338 g/mol. The number of benzene rings is 1. The van der Waals surface area contributed by atoms with Crippen molar-refractivity contribution in [3.8, 4) is 0 Å². The van der Waals surface area contributed by atoms with Gasteiger partial charge in [-0.15, -0.1) is 0 Å². The molecule has 0 bridgehead atoms. The molecule has 23 heavy (non-hydrogen) atoms. The molecular formula is C17H23ClN2O3. The van der Waals surface area contributed by atoms with Crippen molar-refractivity contribution in [3.63, 3.8) is 0 Å². The first-order valence-corrected chi connectivity index (χ1v) is 8.17. The van der Waals surface area contributed by atoms with Crippen molar-refractivity contribution in [2.45, 2.75) is 26.7 Å². The lowest BCUT2D eigenvalue weighted by Crippen LogP contribution is -2.41. The summed E-state index contributed by atoms with van der Waals surface area (Å²) >= 11 is 5.96. The van der Waals surface area contributed by atoms with Crippen molar-refractivity contribution in [3.05, 3.63) is 29.3 Å². The van der Waals surface area contributed by atoms with E-state index in [4.69, 9.17) is 16.7 Å². The third-order valence-corrected chi connectivity index (χ3v) is 4.41. The summed E-state index contributed by atoms with van der Waals surface area (Å²) in [4.78, 5) is 26.4. The number of rotatable bonds is 6. The molecule has 1 aliphatic heterocycles. The predicted octanol–water partition coefficient (Wildman–Crippen LogP) is 2.22. The van der Waals surface area contributed by atoms with Crippen LogP contribution >= 0.6 is 11.6 Å². The van der Waals surface area contributed by atoms with Crippen LogP contribution in [0, 0.1) is 11.3 Å². The van der Waals surface area contributed by atoms with Crippen molar-refractivity contribution >= 4 is 29.1 Å². The lowest BCUT2D eigenvalue weighted by Gasteiger charge is -2.24. The van der Waals surface area contributed by atoms with Gasteiger partial charge in [-0.2, -0.15) is 0 Å². The van der Waals surface area contributed by atoms with Gasteiger partial charge in [0.25, 0.3) is 0 Å². The molecule has 1 aromatic rings. The maximum Gasteiger partial charge on any atom is 0.239 e. The van der Waals surface area contributed by atoms with Crippen LogP contribution in [0.2, 0.25) is 5.02 Å². The average Bonchev–Trinajstić information content (AvgIpc) is 2.87. The van der Waals surface area contributed by atoms with E-state index in [1.54, 1.807) is 23.1 Å². The molecule has 0 aromatic heterocycles. The van der Waals surface area contributed by atoms with Gasteiger partial charge >= 0.3 is 0 Å². The van der Waals surface area contributed by atoms with E-state index >= 15 is 0 Å². The quantitative estimate of drug-likeness (QED) is 0.781. The lowest BCUT2D eigenvalue weighted by atomic mass is 9.89. The number of nitrogens with one attached hydrogen (secondary N) is 1. The van der Waals surface area contributed by atoms with Crippen LogP contribution in [0.3, 0.4) is 0 Å². The van der Waals surface area contributed by atoms with Gasteiger partial charge in [0.05, 0.1) is 0 Å². The van der Waals surface area contributed by atoms with Crippen LogP contribution in [0.1, 0.15) is 26.7 Å². The second-order valence-electron chi connectivity index (χ2n) is 6.67. The molecule has 1 unspecified atom stereocenters. The van der Waals surface area contributed by atoms with Crippen molar-refractivity contribution < 1.29 is 14.7 Å². The lowest BCUT2D eigenvalue weighted by molar-refractivity contribution is -0.132. The highest BCUT2D eigenvalue weighted by molar-refractivity contribution is 6.31. The van der Waals surface area contributed by atoms with Gasteiger partial charge in [0, 0.05) is 30.4 Å². The minimum atomic E-state index is -0.654. The van der Waals surface area contributed by atoms with Crippen LogP contribution in [0.15, 0.2) is 24.3 Å². The molecule has 1 aromatic carbocycles. The van der Waals surface area contributed by atoms with Gasteiger partial charge in [-0.1, -0.05) is 31.5 Å². The Morgan fingerprint density at radius 3 is 2.87 bits per heavy atom. The third kappa shape index (κ3) is 4.45. The van der Waals surface area contributed by atoms with Crippen molar-refractivity contribution in [2.24, 2.45) is 11.3 Å². The molecule has 2 amide bonds. The van der Waals surface area contributed by atoms with E-state index in [9.17, 15) is 9.59 Å². The summed E-state index contributed by atoms with van der Waals surface area (Å²) in [5.74, 6) is -1.09. The van der Waals surface area contributed by atoms with Gasteiger partial charge in [0.15, 0.2) is 0 Å². The van der Waals surface area contributed by atoms with E-state index in [-0.39, 0.29) is 23.8 Å². The number of anilines is 1. The Hall–Kier alpha value is -1.59. The van der Waals surface area contributed by atoms with Crippen LogP contribution < -0.4 is 10.2 Å². The van der Waals surface area contributed by atoms with Crippen LogP contribution in [0.25, 0.3) is 0 Å². The fourth-order valence-corrected chi connectivity index (χ4v) is 2.85. The largest absolute Gasteiger partial charge is 0.396 e. The summed E-state index contributed by atoms with van der Waals surface area (Å²) in [5.41, 5.74) is 0.525. The Bertz CT molecular complexity index is 589. The number of hydrogen-bond acceptors (Lipinski definition) is 3. The number of hydrogen-bond donors (Lipinski definition) is 2. The first kappa shape index (κ1) is 17.8. The number of amides is 2. The van der Waals surface area contributed by atoms with Gasteiger partial charge in [-0.3, -0.25) is 9.59 Å². The highest BCUT2D eigenvalue weighted by Gasteiger charge is 2.38. The van der Waals surface area contributed by atoms with Gasteiger partial charge in [0.2, 0.25) is 11.8 Å². The minimum Gasteiger partial charge on any atom is -0.396 e.